The van der Waals surface area contributed by atoms with E-state index in [9.17, 15) is 0 Å². The lowest BCUT2D eigenvalue weighted by Crippen LogP contribution is -2.38. The number of thiol groups is 1. The smallest absolute Gasteiger partial charge is 0.0701 e. The van der Waals surface area contributed by atoms with Crippen LogP contribution >= 0.6 is 12.6 Å². The second kappa shape index (κ2) is 9.22. The molecule has 0 aromatic heterocycles. The first-order chi connectivity index (χ1) is 9.07. The zero-order valence-electron chi connectivity index (χ0n) is 12.8. The molecule has 0 heterocycles. The summed E-state index contributed by atoms with van der Waals surface area (Å²) in [6.45, 7) is 10.7. The highest BCUT2D eigenvalue weighted by molar-refractivity contribution is 7.80. The van der Waals surface area contributed by atoms with Gasteiger partial charge in [-0.15, -0.1) is 0 Å². The van der Waals surface area contributed by atoms with Crippen molar-refractivity contribution in [3.63, 3.8) is 0 Å². The first-order valence-corrected chi connectivity index (χ1v) is 8.17. The summed E-state index contributed by atoms with van der Waals surface area (Å²) in [6, 6.07) is 0. The van der Waals surface area contributed by atoms with Crippen molar-refractivity contribution in [3.8, 4) is 0 Å². The highest BCUT2D eigenvalue weighted by Gasteiger charge is 2.44. The highest BCUT2D eigenvalue weighted by Crippen LogP contribution is 2.41. The minimum Gasteiger partial charge on any atom is -0.379 e. The first kappa shape index (κ1) is 17.3. The second-order valence-corrected chi connectivity index (χ2v) is 6.84. The zero-order chi connectivity index (χ0) is 14.1. The van der Waals surface area contributed by atoms with Crippen molar-refractivity contribution in [2.75, 3.05) is 33.0 Å². The summed E-state index contributed by atoms with van der Waals surface area (Å²) < 4.78 is 11.1. The molecule has 0 amide bonds. The molecule has 1 aliphatic carbocycles. The fourth-order valence-corrected chi connectivity index (χ4v) is 2.45. The Morgan fingerprint density at radius 1 is 1.05 bits per heavy atom. The molecule has 1 unspecified atom stereocenters. The van der Waals surface area contributed by atoms with Crippen molar-refractivity contribution < 1.29 is 9.47 Å². The molecule has 0 saturated heterocycles. The molecular weight excluding hydrogens is 258 g/mol. The lowest BCUT2D eigenvalue weighted by atomic mass is 10.0. The Morgan fingerprint density at radius 3 is 2.21 bits per heavy atom. The molecule has 0 aromatic carbocycles. The Bertz CT molecular complexity index is 230. The average molecular weight is 289 g/mol. The minimum absolute atomic E-state index is 0.420. The summed E-state index contributed by atoms with van der Waals surface area (Å²) >= 11 is 4.34. The summed E-state index contributed by atoms with van der Waals surface area (Å²) in [5, 5.41) is 4.09. The van der Waals surface area contributed by atoms with E-state index in [0.29, 0.717) is 24.0 Å². The fourth-order valence-electron chi connectivity index (χ4n) is 2.27. The van der Waals surface area contributed by atoms with E-state index < -0.39 is 0 Å². The predicted molar refractivity (Wildman–Crippen MR) is 84.1 cm³/mol. The predicted octanol–water partition coefficient (Wildman–Crippen LogP) is 2.90. The van der Waals surface area contributed by atoms with E-state index in [-0.39, 0.29) is 0 Å². The molecule has 0 aromatic rings. The molecule has 0 spiro atoms. The van der Waals surface area contributed by atoms with Gasteiger partial charge in [0.2, 0.25) is 0 Å². The van der Waals surface area contributed by atoms with Gasteiger partial charge in [-0.3, -0.25) is 0 Å². The second-order valence-electron chi connectivity index (χ2n) is 5.95. The van der Waals surface area contributed by atoms with Gasteiger partial charge in [0.25, 0.3) is 0 Å². The standard InChI is InChI=1S/C15H31NO2S/c1-13(2)15(6-7-15)16-8-10-18-12-11-17-9-4-5-14(3)19/h13-14,16,19H,4-12H2,1-3H3. The van der Waals surface area contributed by atoms with E-state index in [1.165, 1.54) is 12.8 Å². The molecule has 0 aliphatic heterocycles. The van der Waals surface area contributed by atoms with Crippen LogP contribution in [0.25, 0.3) is 0 Å². The summed E-state index contributed by atoms with van der Waals surface area (Å²) in [6.07, 6.45) is 4.84. The minimum atomic E-state index is 0.420. The average Bonchev–Trinajstić information content (AvgIpc) is 3.12. The van der Waals surface area contributed by atoms with Gasteiger partial charge >= 0.3 is 0 Å². The normalized spacial score (nSPS) is 18.8. The van der Waals surface area contributed by atoms with Crippen LogP contribution in [0, 0.1) is 5.92 Å². The number of hydrogen-bond acceptors (Lipinski definition) is 4. The lowest BCUT2D eigenvalue weighted by Gasteiger charge is -2.21. The third-order valence-electron chi connectivity index (χ3n) is 3.90. The highest BCUT2D eigenvalue weighted by atomic mass is 32.1. The molecule has 3 nitrogen and oxygen atoms in total. The van der Waals surface area contributed by atoms with Gasteiger partial charge in [0, 0.05) is 18.7 Å². The number of nitrogens with one attached hydrogen (secondary N) is 1. The molecule has 4 heteroatoms. The summed E-state index contributed by atoms with van der Waals surface area (Å²) in [5.74, 6) is 0.727. The molecule has 19 heavy (non-hydrogen) atoms. The van der Waals surface area contributed by atoms with Crippen LogP contribution in [0.15, 0.2) is 0 Å². The summed E-state index contributed by atoms with van der Waals surface area (Å²) in [7, 11) is 0. The molecule has 1 rings (SSSR count). The summed E-state index contributed by atoms with van der Waals surface area (Å²) in [4.78, 5) is 0. The van der Waals surface area contributed by atoms with Gasteiger partial charge in [0.1, 0.15) is 0 Å². The Hall–Kier alpha value is 0.230. The van der Waals surface area contributed by atoms with Crippen LogP contribution in [0.5, 0.6) is 0 Å². The van der Waals surface area contributed by atoms with Gasteiger partial charge < -0.3 is 14.8 Å². The monoisotopic (exact) mass is 289 g/mol. The van der Waals surface area contributed by atoms with E-state index >= 15 is 0 Å². The van der Waals surface area contributed by atoms with Crippen LogP contribution in [-0.4, -0.2) is 43.8 Å². The van der Waals surface area contributed by atoms with Gasteiger partial charge in [-0.1, -0.05) is 20.8 Å². The molecule has 0 bridgehead atoms. The van der Waals surface area contributed by atoms with Crippen LogP contribution in [-0.2, 0) is 9.47 Å². The third-order valence-corrected chi connectivity index (χ3v) is 4.16. The Balaban J connectivity index is 1.79. The van der Waals surface area contributed by atoms with Crippen LogP contribution < -0.4 is 5.32 Å². The van der Waals surface area contributed by atoms with Crippen molar-refractivity contribution in [1.82, 2.24) is 5.32 Å². The van der Waals surface area contributed by atoms with Crippen molar-refractivity contribution in [3.05, 3.63) is 0 Å². The van der Waals surface area contributed by atoms with E-state index in [1.54, 1.807) is 0 Å². The first-order valence-electron chi connectivity index (χ1n) is 7.65. The van der Waals surface area contributed by atoms with Crippen molar-refractivity contribution in [2.45, 2.75) is 57.2 Å². The van der Waals surface area contributed by atoms with Crippen molar-refractivity contribution in [1.29, 1.82) is 0 Å². The number of rotatable bonds is 12. The molecule has 1 saturated carbocycles. The molecule has 1 aliphatic rings. The van der Waals surface area contributed by atoms with Crippen LogP contribution in [0.1, 0.15) is 46.5 Å². The van der Waals surface area contributed by atoms with E-state index in [0.717, 1.165) is 38.5 Å². The van der Waals surface area contributed by atoms with Crippen LogP contribution in [0.2, 0.25) is 0 Å². The molecule has 1 atom stereocenters. The van der Waals surface area contributed by atoms with Crippen molar-refractivity contribution >= 4 is 12.6 Å². The van der Waals surface area contributed by atoms with Crippen LogP contribution in [0.3, 0.4) is 0 Å². The van der Waals surface area contributed by atoms with Gasteiger partial charge in [-0.25, -0.2) is 0 Å². The Kier molecular flexibility index (Phi) is 8.38. The van der Waals surface area contributed by atoms with E-state index in [1.807, 2.05) is 0 Å². The van der Waals surface area contributed by atoms with Gasteiger partial charge in [0.05, 0.1) is 19.8 Å². The van der Waals surface area contributed by atoms with E-state index in [2.05, 4.69) is 38.7 Å². The van der Waals surface area contributed by atoms with Gasteiger partial charge in [-0.05, 0) is 36.9 Å². The fraction of sp³-hybridized carbons (Fsp3) is 1.00. The Morgan fingerprint density at radius 2 is 1.68 bits per heavy atom. The molecule has 1 fully saturated rings. The third kappa shape index (κ3) is 7.54. The zero-order valence-corrected chi connectivity index (χ0v) is 13.7. The molecular formula is C15H31NO2S. The maximum absolute atomic E-state index is 5.56. The molecule has 114 valence electrons. The number of ether oxygens (including phenoxy) is 2. The molecule has 1 N–H and O–H groups in total. The largest absolute Gasteiger partial charge is 0.379 e. The SMILES string of the molecule is CC(S)CCCOCCOCCNC1(C(C)C)CC1. The quantitative estimate of drug-likeness (QED) is 0.428. The maximum Gasteiger partial charge on any atom is 0.0701 e. The van der Waals surface area contributed by atoms with Gasteiger partial charge in [0.15, 0.2) is 0 Å². The number of hydrogen-bond donors (Lipinski definition) is 2. The van der Waals surface area contributed by atoms with E-state index in [4.69, 9.17) is 9.47 Å². The maximum atomic E-state index is 5.56. The van der Waals surface area contributed by atoms with Crippen molar-refractivity contribution in [2.24, 2.45) is 5.92 Å². The van der Waals surface area contributed by atoms with Gasteiger partial charge in [-0.2, -0.15) is 12.6 Å². The van der Waals surface area contributed by atoms with Crippen LogP contribution in [0.4, 0.5) is 0 Å². The topological polar surface area (TPSA) is 30.5 Å². The Labute approximate surface area is 124 Å². The summed E-state index contributed by atoms with van der Waals surface area (Å²) in [5.41, 5.74) is 0.420. The molecule has 0 radical (unpaired) electrons. The lowest BCUT2D eigenvalue weighted by molar-refractivity contribution is 0.0462.